The number of benzene rings is 1. The van der Waals surface area contributed by atoms with Gasteiger partial charge in [-0.3, -0.25) is 14.7 Å². The van der Waals surface area contributed by atoms with Crippen LogP contribution in [0.1, 0.15) is 18.5 Å². The summed E-state index contributed by atoms with van der Waals surface area (Å²) in [5, 5.41) is 0. The lowest BCUT2D eigenvalue weighted by Crippen LogP contribution is -2.55. The Kier molecular flexibility index (Phi) is 6.64. The van der Waals surface area contributed by atoms with Gasteiger partial charge < -0.3 is 14.5 Å². The van der Waals surface area contributed by atoms with Gasteiger partial charge in [-0.05, 0) is 43.2 Å². The average molecular weight is 407 g/mol. The van der Waals surface area contributed by atoms with Crippen molar-refractivity contribution in [2.75, 3.05) is 51.3 Å². The largest absolute Gasteiger partial charge is 0.495 e. The lowest BCUT2D eigenvalue weighted by molar-refractivity contribution is -0.128. The van der Waals surface area contributed by atoms with E-state index in [1.165, 1.54) is 5.69 Å². The number of para-hydroxylation sites is 2. The van der Waals surface area contributed by atoms with Crippen molar-refractivity contribution in [1.29, 1.82) is 0 Å². The summed E-state index contributed by atoms with van der Waals surface area (Å²) in [6.45, 7) is 5.61. The first-order chi connectivity index (χ1) is 14.7. The van der Waals surface area contributed by atoms with Gasteiger partial charge in [-0.15, -0.1) is 0 Å². The van der Waals surface area contributed by atoms with Crippen LogP contribution < -0.4 is 9.64 Å². The van der Waals surface area contributed by atoms with Gasteiger partial charge in [-0.25, -0.2) is 0 Å². The third-order valence-electron chi connectivity index (χ3n) is 6.05. The number of anilines is 1. The second-order valence-electron chi connectivity index (χ2n) is 7.86. The summed E-state index contributed by atoms with van der Waals surface area (Å²) in [5.41, 5.74) is 1.98. The van der Waals surface area contributed by atoms with Crippen LogP contribution in [0.4, 0.5) is 5.69 Å². The number of piperazine rings is 1. The first-order valence-electron chi connectivity index (χ1n) is 10.7. The van der Waals surface area contributed by atoms with Crippen molar-refractivity contribution in [3.05, 3.63) is 60.4 Å². The van der Waals surface area contributed by atoms with E-state index in [-0.39, 0.29) is 5.91 Å². The van der Waals surface area contributed by atoms with E-state index in [1.807, 2.05) is 35.2 Å². The van der Waals surface area contributed by atoms with Gasteiger partial charge in [0.1, 0.15) is 5.75 Å². The molecular formula is C24H30N4O2. The van der Waals surface area contributed by atoms with Gasteiger partial charge >= 0.3 is 0 Å². The van der Waals surface area contributed by atoms with Crippen LogP contribution >= 0.6 is 0 Å². The topological polar surface area (TPSA) is 48.9 Å². The molecule has 4 rings (SSSR count). The van der Waals surface area contributed by atoms with Crippen molar-refractivity contribution < 1.29 is 9.53 Å². The van der Waals surface area contributed by atoms with Gasteiger partial charge in [-0.2, -0.15) is 0 Å². The van der Waals surface area contributed by atoms with Crippen LogP contribution in [0.25, 0.3) is 6.08 Å². The van der Waals surface area contributed by atoms with E-state index in [0.717, 1.165) is 63.6 Å². The molecule has 0 bridgehead atoms. The molecule has 2 aromatic rings. The minimum absolute atomic E-state index is 0.0815. The van der Waals surface area contributed by atoms with Crippen molar-refractivity contribution in [3.63, 3.8) is 0 Å². The zero-order valence-electron chi connectivity index (χ0n) is 17.6. The Labute approximate surface area is 178 Å². The van der Waals surface area contributed by atoms with E-state index in [2.05, 4.69) is 26.9 Å². The fourth-order valence-electron chi connectivity index (χ4n) is 4.41. The van der Waals surface area contributed by atoms with E-state index in [4.69, 9.17) is 4.74 Å². The molecule has 6 heteroatoms. The first-order valence-corrected chi connectivity index (χ1v) is 10.7. The summed E-state index contributed by atoms with van der Waals surface area (Å²) >= 11 is 0. The van der Waals surface area contributed by atoms with Crippen LogP contribution in [0.3, 0.4) is 0 Å². The minimum Gasteiger partial charge on any atom is -0.495 e. The Morgan fingerprint density at radius 2 is 1.87 bits per heavy atom. The number of rotatable bonds is 5. The zero-order chi connectivity index (χ0) is 20.8. The van der Waals surface area contributed by atoms with E-state index in [9.17, 15) is 4.79 Å². The van der Waals surface area contributed by atoms with Crippen LogP contribution in [-0.4, -0.2) is 73.1 Å². The molecule has 2 aliphatic heterocycles. The highest BCUT2D eigenvalue weighted by molar-refractivity contribution is 5.91. The van der Waals surface area contributed by atoms with Gasteiger partial charge in [0.15, 0.2) is 0 Å². The number of piperidine rings is 1. The Hall–Kier alpha value is -2.86. The molecule has 3 heterocycles. The number of carbonyl (C=O) groups is 1. The molecule has 0 spiro atoms. The summed E-state index contributed by atoms with van der Waals surface area (Å²) in [5.74, 6) is 1.01. The maximum Gasteiger partial charge on any atom is 0.246 e. The highest BCUT2D eigenvalue weighted by Crippen LogP contribution is 2.29. The fourth-order valence-corrected chi connectivity index (χ4v) is 4.41. The molecule has 0 saturated carbocycles. The maximum absolute atomic E-state index is 12.7. The van der Waals surface area contributed by atoms with Gasteiger partial charge in [0.2, 0.25) is 5.91 Å². The van der Waals surface area contributed by atoms with Crippen LogP contribution in [0.5, 0.6) is 5.75 Å². The number of carbonyl (C=O) groups excluding carboxylic acids is 1. The SMILES string of the molecule is COc1ccccc1N1CCN(C2CCCN(C(=O)C=Cc3ccccn3)C2)CC1. The second-order valence-corrected chi connectivity index (χ2v) is 7.86. The predicted molar refractivity (Wildman–Crippen MR) is 120 cm³/mol. The zero-order valence-corrected chi connectivity index (χ0v) is 17.6. The molecule has 1 unspecified atom stereocenters. The van der Waals surface area contributed by atoms with Crippen molar-refractivity contribution in [1.82, 2.24) is 14.8 Å². The van der Waals surface area contributed by atoms with Crippen LogP contribution in [-0.2, 0) is 4.79 Å². The molecule has 158 valence electrons. The average Bonchev–Trinajstić information content (AvgIpc) is 2.83. The molecule has 1 amide bonds. The van der Waals surface area contributed by atoms with E-state index < -0.39 is 0 Å². The normalized spacial score (nSPS) is 20.5. The number of pyridine rings is 1. The molecule has 2 fully saturated rings. The Balaban J connectivity index is 1.32. The number of methoxy groups -OCH3 is 1. The molecule has 0 aliphatic carbocycles. The molecule has 1 atom stereocenters. The number of hydrogen-bond donors (Lipinski definition) is 0. The maximum atomic E-state index is 12.7. The highest BCUT2D eigenvalue weighted by Gasteiger charge is 2.29. The second kappa shape index (κ2) is 9.76. The number of aromatic nitrogens is 1. The van der Waals surface area contributed by atoms with Crippen LogP contribution in [0.15, 0.2) is 54.7 Å². The summed E-state index contributed by atoms with van der Waals surface area (Å²) in [6, 6.07) is 14.4. The number of nitrogens with zero attached hydrogens (tertiary/aromatic N) is 4. The van der Waals surface area contributed by atoms with Crippen LogP contribution in [0, 0.1) is 0 Å². The predicted octanol–water partition coefficient (Wildman–Crippen LogP) is 2.92. The van der Waals surface area contributed by atoms with Gasteiger partial charge in [-0.1, -0.05) is 18.2 Å². The summed E-state index contributed by atoms with van der Waals surface area (Å²) < 4.78 is 5.53. The smallest absolute Gasteiger partial charge is 0.246 e. The third kappa shape index (κ3) is 4.82. The molecule has 6 nitrogen and oxygen atoms in total. The molecule has 30 heavy (non-hydrogen) atoms. The molecule has 0 N–H and O–H groups in total. The van der Waals surface area contributed by atoms with E-state index >= 15 is 0 Å². The lowest BCUT2D eigenvalue weighted by atomic mass is 10.0. The van der Waals surface area contributed by atoms with E-state index in [1.54, 1.807) is 25.5 Å². The number of likely N-dealkylation sites (tertiary alicyclic amines) is 1. The third-order valence-corrected chi connectivity index (χ3v) is 6.05. The van der Waals surface area contributed by atoms with Crippen molar-refractivity contribution >= 4 is 17.7 Å². The minimum atomic E-state index is 0.0815. The quantitative estimate of drug-likeness (QED) is 0.715. The number of amides is 1. The van der Waals surface area contributed by atoms with Gasteiger partial charge in [0.25, 0.3) is 0 Å². The lowest BCUT2D eigenvalue weighted by Gasteiger charge is -2.44. The highest BCUT2D eigenvalue weighted by atomic mass is 16.5. The number of hydrogen-bond acceptors (Lipinski definition) is 5. The molecule has 1 aromatic carbocycles. The molecule has 1 aromatic heterocycles. The first kappa shape index (κ1) is 20.4. The van der Waals surface area contributed by atoms with Gasteiger partial charge in [0, 0.05) is 57.6 Å². The fraction of sp³-hybridized carbons (Fsp3) is 0.417. The number of ether oxygens (including phenoxy) is 1. The van der Waals surface area contributed by atoms with Crippen molar-refractivity contribution in [2.24, 2.45) is 0 Å². The Morgan fingerprint density at radius 1 is 1.07 bits per heavy atom. The summed E-state index contributed by atoms with van der Waals surface area (Å²) in [7, 11) is 1.73. The molecule has 2 saturated heterocycles. The van der Waals surface area contributed by atoms with E-state index in [0.29, 0.717) is 6.04 Å². The van der Waals surface area contributed by atoms with Crippen LogP contribution in [0.2, 0.25) is 0 Å². The molecular weight excluding hydrogens is 376 g/mol. The molecule has 2 aliphatic rings. The summed E-state index contributed by atoms with van der Waals surface area (Å²) in [4.78, 5) is 23.9. The van der Waals surface area contributed by atoms with Gasteiger partial charge in [0.05, 0.1) is 18.5 Å². The molecule has 0 radical (unpaired) electrons. The standard InChI is InChI=1S/C24H30N4O2/c1-30-23-10-3-2-9-22(23)27-17-15-26(16-18-27)21-8-6-14-28(19-21)24(29)12-11-20-7-4-5-13-25-20/h2-5,7,9-13,21H,6,8,14-19H2,1H3. The van der Waals surface area contributed by atoms with Crippen molar-refractivity contribution in [3.8, 4) is 5.75 Å². The Bertz CT molecular complexity index is 863. The van der Waals surface area contributed by atoms with Crippen molar-refractivity contribution in [2.45, 2.75) is 18.9 Å². The Morgan fingerprint density at radius 3 is 2.63 bits per heavy atom. The monoisotopic (exact) mass is 406 g/mol. The summed E-state index contributed by atoms with van der Waals surface area (Å²) in [6.07, 6.45) is 7.41.